The van der Waals surface area contributed by atoms with Crippen LogP contribution in [0.15, 0.2) is 17.0 Å². The summed E-state index contributed by atoms with van der Waals surface area (Å²) in [7, 11) is -4.21. The van der Waals surface area contributed by atoms with Gasteiger partial charge >= 0.3 is 6.61 Å². The number of alkyl halides is 2. The van der Waals surface area contributed by atoms with Gasteiger partial charge in [0.25, 0.3) is 0 Å². The standard InChI is InChI=1S/C7H5Cl2F2NO3S/c8-3-1-2-4(15-7(10)11)5(9)6(3)16(12,13)14/h1-2,7H,(H2,12,13,14). The number of primary sulfonamides is 1. The minimum Gasteiger partial charge on any atom is -0.433 e. The van der Waals surface area contributed by atoms with Crippen LogP contribution in [-0.4, -0.2) is 15.0 Å². The van der Waals surface area contributed by atoms with Gasteiger partial charge in [-0.05, 0) is 12.1 Å². The lowest BCUT2D eigenvalue weighted by Gasteiger charge is -2.10. The maximum absolute atomic E-state index is 11.9. The van der Waals surface area contributed by atoms with E-state index in [1.54, 1.807) is 0 Å². The first kappa shape index (κ1) is 13.4. The Bertz CT molecular complexity index is 507. The van der Waals surface area contributed by atoms with Crippen LogP contribution in [0.2, 0.25) is 10.0 Å². The fraction of sp³-hybridized carbons (Fsp3) is 0.143. The summed E-state index contributed by atoms with van der Waals surface area (Å²) in [5.41, 5.74) is 0. The van der Waals surface area contributed by atoms with E-state index in [0.717, 1.165) is 12.1 Å². The lowest BCUT2D eigenvalue weighted by atomic mass is 10.3. The van der Waals surface area contributed by atoms with Gasteiger partial charge in [-0.2, -0.15) is 8.78 Å². The zero-order valence-corrected chi connectivity index (χ0v) is 9.78. The number of nitrogens with two attached hydrogens (primary N) is 1. The monoisotopic (exact) mass is 291 g/mol. The highest BCUT2D eigenvalue weighted by Crippen LogP contribution is 2.36. The van der Waals surface area contributed by atoms with E-state index < -0.39 is 32.3 Å². The fourth-order valence-corrected chi connectivity index (χ4v) is 2.71. The zero-order chi connectivity index (χ0) is 12.5. The summed E-state index contributed by atoms with van der Waals surface area (Å²) >= 11 is 11.1. The summed E-state index contributed by atoms with van der Waals surface area (Å²) in [6, 6.07) is 2.07. The molecule has 0 aliphatic heterocycles. The van der Waals surface area contributed by atoms with Gasteiger partial charge in [0.2, 0.25) is 10.0 Å². The Labute approximate surface area is 99.9 Å². The maximum atomic E-state index is 11.9. The third kappa shape index (κ3) is 2.94. The summed E-state index contributed by atoms with van der Waals surface area (Å²) in [4.78, 5) is -0.644. The molecular weight excluding hydrogens is 287 g/mol. The molecule has 9 heteroatoms. The molecule has 0 heterocycles. The van der Waals surface area contributed by atoms with E-state index in [9.17, 15) is 17.2 Å². The second kappa shape index (κ2) is 4.70. The van der Waals surface area contributed by atoms with E-state index in [1.165, 1.54) is 0 Å². The van der Waals surface area contributed by atoms with Gasteiger partial charge in [-0.3, -0.25) is 0 Å². The summed E-state index contributed by atoms with van der Waals surface area (Å²) in [6.07, 6.45) is 0. The van der Waals surface area contributed by atoms with Crippen molar-refractivity contribution in [3.05, 3.63) is 22.2 Å². The first-order valence-corrected chi connectivity index (χ1v) is 5.99. The van der Waals surface area contributed by atoms with Gasteiger partial charge in [0, 0.05) is 0 Å². The Balaban J connectivity index is 3.39. The molecule has 0 radical (unpaired) electrons. The molecule has 0 fully saturated rings. The lowest BCUT2D eigenvalue weighted by Crippen LogP contribution is -2.14. The number of hydrogen-bond donors (Lipinski definition) is 1. The Hall–Kier alpha value is -0.630. The molecule has 4 nitrogen and oxygen atoms in total. The van der Waals surface area contributed by atoms with Gasteiger partial charge in [-0.1, -0.05) is 23.2 Å². The minimum absolute atomic E-state index is 0.269. The summed E-state index contributed by atoms with van der Waals surface area (Å²) < 4.78 is 50.0. The van der Waals surface area contributed by atoms with Crippen LogP contribution in [0.4, 0.5) is 8.78 Å². The van der Waals surface area contributed by atoms with E-state index in [1.807, 2.05) is 0 Å². The molecule has 0 aliphatic rings. The highest BCUT2D eigenvalue weighted by molar-refractivity contribution is 7.89. The van der Waals surface area contributed by atoms with Gasteiger partial charge in [-0.15, -0.1) is 0 Å². The molecule has 90 valence electrons. The van der Waals surface area contributed by atoms with Crippen LogP contribution >= 0.6 is 23.2 Å². The van der Waals surface area contributed by atoms with Crippen LogP contribution in [0.1, 0.15) is 0 Å². The Morgan fingerprint density at radius 2 is 1.88 bits per heavy atom. The number of rotatable bonds is 3. The van der Waals surface area contributed by atoms with Crippen molar-refractivity contribution < 1.29 is 21.9 Å². The van der Waals surface area contributed by atoms with E-state index in [2.05, 4.69) is 4.74 Å². The molecule has 1 aromatic carbocycles. The highest BCUT2D eigenvalue weighted by atomic mass is 35.5. The van der Waals surface area contributed by atoms with Crippen LogP contribution in [0.25, 0.3) is 0 Å². The van der Waals surface area contributed by atoms with Gasteiger partial charge in [0.15, 0.2) is 0 Å². The predicted octanol–water partition coefficient (Wildman–Crippen LogP) is 2.24. The van der Waals surface area contributed by atoms with Crippen molar-refractivity contribution in [2.75, 3.05) is 0 Å². The molecule has 16 heavy (non-hydrogen) atoms. The summed E-state index contributed by atoms with van der Waals surface area (Å²) in [6.45, 7) is -3.13. The maximum Gasteiger partial charge on any atom is 0.387 e. The van der Waals surface area contributed by atoms with E-state index in [-0.39, 0.29) is 5.02 Å². The molecule has 0 bridgehead atoms. The number of ether oxygens (including phenoxy) is 1. The number of hydrogen-bond acceptors (Lipinski definition) is 3. The first-order chi connectivity index (χ1) is 7.23. The summed E-state index contributed by atoms with van der Waals surface area (Å²) in [5.74, 6) is -0.509. The summed E-state index contributed by atoms with van der Waals surface area (Å²) in [5, 5.41) is 3.98. The number of sulfonamides is 1. The first-order valence-electron chi connectivity index (χ1n) is 3.69. The van der Waals surface area contributed by atoms with E-state index in [0.29, 0.717) is 0 Å². The van der Waals surface area contributed by atoms with E-state index >= 15 is 0 Å². The van der Waals surface area contributed by atoms with Gasteiger partial charge < -0.3 is 4.74 Å². The van der Waals surface area contributed by atoms with Crippen molar-refractivity contribution in [2.45, 2.75) is 11.5 Å². The van der Waals surface area contributed by atoms with Crippen LogP contribution in [0.5, 0.6) is 5.75 Å². The largest absolute Gasteiger partial charge is 0.433 e. The molecule has 0 amide bonds. The van der Waals surface area contributed by atoms with Crippen molar-refractivity contribution in [1.82, 2.24) is 0 Å². The second-order valence-corrected chi connectivity index (χ2v) is 4.90. The molecule has 1 aromatic rings. The molecule has 0 unspecified atom stereocenters. The molecule has 0 aromatic heterocycles. The molecule has 0 atom stereocenters. The normalized spacial score (nSPS) is 11.9. The molecule has 0 aliphatic carbocycles. The average molecular weight is 292 g/mol. The second-order valence-electron chi connectivity index (χ2n) is 2.61. The van der Waals surface area contributed by atoms with Crippen LogP contribution in [-0.2, 0) is 10.0 Å². The third-order valence-electron chi connectivity index (χ3n) is 1.51. The van der Waals surface area contributed by atoms with Gasteiger partial charge in [-0.25, -0.2) is 13.6 Å². The average Bonchev–Trinajstić information content (AvgIpc) is 2.07. The Kier molecular flexibility index (Phi) is 3.95. The minimum atomic E-state index is -4.21. The quantitative estimate of drug-likeness (QED) is 0.928. The van der Waals surface area contributed by atoms with Gasteiger partial charge in [0.1, 0.15) is 15.7 Å². The van der Waals surface area contributed by atoms with Crippen molar-refractivity contribution in [2.24, 2.45) is 5.14 Å². The Morgan fingerprint density at radius 3 is 2.31 bits per heavy atom. The SMILES string of the molecule is NS(=O)(=O)c1c(Cl)ccc(OC(F)F)c1Cl. The molecule has 0 spiro atoms. The molecule has 0 saturated heterocycles. The van der Waals surface area contributed by atoms with Crippen molar-refractivity contribution >= 4 is 33.2 Å². The predicted molar refractivity (Wildman–Crippen MR) is 54.5 cm³/mol. The molecule has 1 rings (SSSR count). The Morgan fingerprint density at radius 1 is 1.31 bits per heavy atom. The van der Waals surface area contributed by atoms with Gasteiger partial charge in [0.05, 0.1) is 5.02 Å². The molecular formula is C7H5Cl2F2NO3S. The van der Waals surface area contributed by atoms with Crippen molar-refractivity contribution in [3.8, 4) is 5.75 Å². The van der Waals surface area contributed by atoms with Crippen LogP contribution in [0.3, 0.4) is 0 Å². The fourth-order valence-electron chi connectivity index (χ4n) is 0.962. The molecule has 2 N–H and O–H groups in total. The number of benzene rings is 1. The van der Waals surface area contributed by atoms with Crippen molar-refractivity contribution in [1.29, 1.82) is 0 Å². The smallest absolute Gasteiger partial charge is 0.387 e. The molecule has 0 saturated carbocycles. The third-order valence-corrected chi connectivity index (χ3v) is 3.42. The topological polar surface area (TPSA) is 69.4 Å². The van der Waals surface area contributed by atoms with Crippen molar-refractivity contribution in [3.63, 3.8) is 0 Å². The zero-order valence-electron chi connectivity index (χ0n) is 7.45. The lowest BCUT2D eigenvalue weighted by molar-refractivity contribution is -0.0499. The number of halogens is 4. The van der Waals surface area contributed by atoms with E-state index in [4.69, 9.17) is 28.3 Å². The van der Waals surface area contributed by atoms with Crippen LogP contribution < -0.4 is 9.88 Å². The highest BCUT2D eigenvalue weighted by Gasteiger charge is 2.22. The van der Waals surface area contributed by atoms with Crippen LogP contribution in [0, 0.1) is 0 Å².